The Labute approximate surface area is 74.9 Å². The summed E-state index contributed by atoms with van der Waals surface area (Å²) in [6.07, 6.45) is 4.94. The van der Waals surface area contributed by atoms with Crippen molar-refractivity contribution in [2.45, 2.75) is 0 Å². The third-order valence-electron chi connectivity index (χ3n) is 0.964. The van der Waals surface area contributed by atoms with E-state index < -0.39 is 0 Å². The number of aromatic nitrogens is 2. The van der Waals surface area contributed by atoms with E-state index in [4.69, 9.17) is 22.9 Å². The van der Waals surface area contributed by atoms with E-state index in [0.717, 1.165) is 0 Å². The molecule has 4 nitrogen and oxygen atoms in total. The highest BCUT2D eigenvalue weighted by atomic mass is 35.5. The third kappa shape index (κ3) is 2.74. The zero-order valence-corrected chi connectivity index (χ0v) is 6.88. The minimum atomic E-state index is 0.171. The summed E-state index contributed by atoms with van der Waals surface area (Å²) in [4.78, 5) is 4.78. The highest BCUT2D eigenvalue weighted by Crippen LogP contribution is 2.05. The number of terminal acetylenes is 1. The molecule has 0 bridgehead atoms. The largest absolute Gasteiger partial charge is 0.262 e. The van der Waals surface area contributed by atoms with Gasteiger partial charge in [0.2, 0.25) is 0 Å². The maximum absolute atomic E-state index is 5.50. The minimum Gasteiger partial charge on any atom is -0.262 e. The van der Waals surface area contributed by atoms with E-state index >= 15 is 0 Å². The van der Waals surface area contributed by atoms with E-state index in [1.54, 1.807) is 12.1 Å². The highest BCUT2D eigenvalue weighted by Gasteiger charge is 1.92. The molecule has 0 radical (unpaired) electrons. The van der Waals surface area contributed by atoms with Crippen molar-refractivity contribution in [2.75, 3.05) is 12.1 Å². The molecule has 12 heavy (non-hydrogen) atoms. The van der Waals surface area contributed by atoms with Gasteiger partial charge in [-0.3, -0.25) is 4.84 Å². The van der Waals surface area contributed by atoms with Gasteiger partial charge in [-0.2, -0.15) is 0 Å². The van der Waals surface area contributed by atoms with Crippen LogP contribution in [0, 0.1) is 12.3 Å². The molecule has 0 saturated heterocycles. The smallest absolute Gasteiger partial charge is 0.172 e. The molecule has 62 valence electrons. The molecule has 0 saturated carbocycles. The second-order valence-corrected chi connectivity index (χ2v) is 2.22. The molecule has 0 aliphatic heterocycles. The summed E-state index contributed by atoms with van der Waals surface area (Å²) in [7, 11) is 0. The summed E-state index contributed by atoms with van der Waals surface area (Å²) in [5.41, 5.74) is 2.50. The minimum absolute atomic E-state index is 0.171. The molecular weight excluding hydrogens is 178 g/mol. The maximum atomic E-state index is 5.50. The van der Waals surface area contributed by atoms with Crippen LogP contribution in [-0.4, -0.2) is 16.8 Å². The summed E-state index contributed by atoms with van der Waals surface area (Å²) >= 11 is 5.50. The van der Waals surface area contributed by atoms with Crippen LogP contribution in [0.1, 0.15) is 0 Å². The van der Waals surface area contributed by atoms with E-state index in [-0.39, 0.29) is 6.61 Å². The first-order valence-electron chi connectivity index (χ1n) is 3.13. The number of nitrogens with zero attached hydrogens (tertiary/aromatic N) is 2. The first-order valence-corrected chi connectivity index (χ1v) is 3.51. The molecule has 1 aromatic rings. The molecular formula is C7H6ClN3O. The van der Waals surface area contributed by atoms with Crippen LogP contribution in [0.25, 0.3) is 0 Å². The van der Waals surface area contributed by atoms with Gasteiger partial charge in [-0.15, -0.1) is 16.6 Å². The average molecular weight is 184 g/mol. The van der Waals surface area contributed by atoms with Gasteiger partial charge in [-0.25, -0.2) is 5.48 Å². The van der Waals surface area contributed by atoms with Gasteiger partial charge >= 0.3 is 0 Å². The summed E-state index contributed by atoms with van der Waals surface area (Å²) in [5, 5.41) is 7.57. The van der Waals surface area contributed by atoms with Crippen LogP contribution in [0.2, 0.25) is 5.15 Å². The summed E-state index contributed by atoms with van der Waals surface area (Å²) in [5.74, 6) is 2.76. The number of halogens is 1. The Morgan fingerprint density at radius 2 is 2.42 bits per heavy atom. The van der Waals surface area contributed by atoms with Gasteiger partial charge in [0.25, 0.3) is 0 Å². The topological polar surface area (TPSA) is 47.0 Å². The van der Waals surface area contributed by atoms with Crippen molar-refractivity contribution >= 4 is 17.4 Å². The van der Waals surface area contributed by atoms with Crippen molar-refractivity contribution in [3.8, 4) is 12.3 Å². The molecule has 0 fully saturated rings. The lowest BCUT2D eigenvalue weighted by Crippen LogP contribution is -2.03. The zero-order chi connectivity index (χ0) is 8.81. The Morgan fingerprint density at radius 1 is 1.58 bits per heavy atom. The molecule has 1 heterocycles. The van der Waals surface area contributed by atoms with Crippen LogP contribution in [0.3, 0.4) is 0 Å². The van der Waals surface area contributed by atoms with Crippen LogP contribution in [0.15, 0.2) is 12.1 Å². The second kappa shape index (κ2) is 4.54. The number of anilines is 1. The van der Waals surface area contributed by atoms with Gasteiger partial charge in [0.05, 0.1) is 0 Å². The molecule has 0 unspecified atom stereocenters. The third-order valence-corrected chi connectivity index (χ3v) is 1.17. The Kier molecular flexibility index (Phi) is 3.33. The fraction of sp³-hybridized carbons (Fsp3) is 0.143. The lowest BCUT2D eigenvalue weighted by molar-refractivity contribution is 0.232. The van der Waals surface area contributed by atoms with Crippen LogP contribution in [-0.2, 0) is 4.84 Å². The number of hydrogen-bond acceptors (Lipinski definition) is 4. The fourth-order valence-corrected chi connectivity index (χ4v) is 0.623. The van der Waals surface area contributed by atoms with Crippen LogP contribution >= 0.6 is 11.6 Å². The van der Waals surface area contributed by atoms with Gasteiger partial charge in [0.1, 0.15) is 6.61 Å². The number of nitrogens with one attached hydrogen (secondary N) is 1. The fourth-order valence-electron chi connectivity index (χ4n) is 0.522. The summed E-state index contributed by atoms with van der Waals surface area (Å²) in [6, 6.07) is 3.22. The molecule has 0 aromatic carbocycles. The van der Waals surface area contributed by atoms with Crippen LogP contribution < -0.4 is 5.48 Å². The Bertz CT molecular complexity index is 280. The Hall–Kier alpha value is -1.31. The highest BCUT2D eigenvalue weighted by molar-refractivity contribution is 6.29. The summed E-state index contributed by atoms with van der Waals surface area (Å²) < 4.78 is 0. The molecule has 0 spiro atoms. The van der Waals surface area contributed by atoms with Crippen molar-refractivity contribution in [1.82, 2.24) is 10.2 Å². The standard InChI is InChI=1S/C7H6ClN3O/c1-2-5-12-11-7-4-3-6(8)9-10-7/h1,3-4H,5H2,(H,10,11). The predicted octanol–water partition coefficient (Wildman–Crippen LogP) is 1.11. The molecule has 0 aliphatic carbocycles. The SMILES string of the molecule is C#CCONc1ccc(Cl)nn1. The molecule has 1 N–H and O–H groups in total. The van der Waals surface area contributed by atoms with Crippen LogP contribution in [0.5, 0.6) is 0 Å². The van der Waals surface area contributed by atoms with Crippen molar-refractivity contribution in [2.24, 2.45) is 0 Å². The van der Waals surface area contributed by atoms with Crippen molar-refractivity contribution in [3.05, 3.63) is 17.3 Å². The molecule has 1 rings (SSSR count). The first kappa shape index (κ1) is 8.78. The zero-order valence-electron chi connectivity index (χ0n) is 6.12. The number of rotatable bonds is 3. The molecule has 5 heteroatoms. The second-order valence-electron chi connectivity index (χ2n) is 1.84. The van der Waals surface area contributed by atoms with E-state index in [0.29, 0.717) is 11.0 Å². The van der Waals surface area contributed by atoms with Crippen molar-refractivity contribution in [3.63, 3.8) is 0 Å². The lowest BCUT2D eigenvalue weighted by atomic mass is 10.5. The molecule has 0 atom stereocenters. The average Bonchev–Trinajstić information content (AvgIpc) is 2.09. The monoisotopic (exact) mass is 183 g/mol. The van der Waals surface area contributed by atoms with E-state index in [2.05, 4.69) is 21.6 Å². The van der Waals surface area contributed by atoms with Crippen molar-refractivity contribution in [1.29, 1.82) is 0 Å². The van der Waals surface area contributed by atoms with Gasteiger partial charge in [-0.05, 0) is 12.1 Å². The van der Waals surface area contributed by atoms with Gasteiger partial charge < -0.3 is 0 Å². The molecule has 0 aliphatic rings. The Morgan fingerprint density at radius 3 is 3.00 bits per heavy atom. The summed E-state index contributed by atoms with van der Waals surface area (Å²) in [6.45, 7) is 0.171. The maximum Gasteiger partial charge on any atom is 0.172 e. The molecule has 0 amide bonds. The Balaban J connectivity index is 2.43. The van der Waals surface area contributed by atoms with E-state index in [1.165, 1.54) is 0 Å². The van der Waals surface area contributed by atoms with Gasteiger partial charge in [-0.1, -0.05) is 17.5 Å². The van der Waals surface area contributed by atoms with Crippen LogP contribution in [0.4, 0.5) is 5.82 Å². The quantitative estimate of drug-likeness (QED) is 0.433. The van der Waals surface area contributed by atoms with E-state index in [1.807, 2.05) is 0 Å². The normalized spacial score (nSPS) is 9.00. The van der Waals surface area contributed by atoms with Crippen molar-refractivity contribution < 1.29 is 4.84 Å². The first-order chi connectivity index (χ1) is 5.83. The van der Waals surface area contributed by atoms with E-state index in [9.17, 15) is 0 Å². The predicted molar refractivity (Wildman–Crippen MR) is 45.4 cm³/mol. The molecule has 1 aromatic heterocycles. The van der Waals surface area contributed by atoms with Gasteiger partial charge in [0.15, 0.2) is 11.0 Å². The number of hydrogen-bond donors (Lipinski definition) is 1. The van der Waals surface area contributed by atoms with Gasteiger partial charge in [0, 0.05) is 0 Å². The lowest BCUT2D eigenvalue weighted by Gasteiger charge is -2.00.